The summed E-state index contributed by atoms with van der Waals surface area (Å²) >= 11 is 0. The van der Waals surface area contributed by atoms with Crippen LogP contribution in [0.3, 0.4) is 0 Å². The molecule has 2 fully saturated rings. The van der Waals surface area contributed by atoms with Crippen LogP contribution in [-0.2, 0) is 4.79 Å². The zero-order valence-corrected chi connectivity index (χ0v) is 7.34. The Morgan fingerprint density at radius 1 is 1.36 bits per heavy atom. The molecular weight excluding hydrogens is 136 g/mol. The van der Waals surface area contributed by atoms with E-state index in [9.17, 15) is 4.79 Å². The number of fused-ring (bicyclic) bond motifs is 1. The van der Waals surface area contributed by atoms with Crippen molar-refractivity contribution in [2.75, 3.05) is 0 Å². The standard InChI is InChI=1S/C10H16O/c1-6(2)9-7-4-3-5-8(7)10(9)11/h6-9H,3-5H2,1-2H3/t7-,8+,9-/m0/s1. The molecule has 1 heteroatoms. The number of Topliss-reactive ketones (excluding diaryl/α,β-unsaturated/α-hetero) is 1. The lowest BCUT2D eigenvalue weighted by Crippen LogP contribution is -2.46. The number of carbonyl (C=O) groups is 1. The van der Waals surface area contributed by atoms with Gasteiger partial charge in [0.2, 0.25) is 0 Å². The van der Waals surface area contributed by atoms with Crippen LogP contribution in [0.15, 0.2) is 0 Å². The van der Waals surface area contributed by atoms with Gasteiger partial charge in [-0.25, -0.2) is 0 Å². The second-order valence-electron chi connectivity index (χ2n) is 4.37. The molecule has 0 saturated heterocycles. The molecule has 2 aliphatic carbocycles. The molecule has 1 nitrogen and oxygen atoms in total. The van der Waals surface area contributed by atoms with Gasteiger partial charge in [0.25, 0.3) is 0 Å². The van der Waals surface area contributed by atoms with Gasteiger partial charge in [0.05, 0.1) is 0 Å². The average Bonchev–Trinajstić information content (AvgIpc) is 2.30. The van der Waals surface area contributed by atoms with Gasteiger partial charge in [-0.3, -0.25) is 4.79 Å². The van der Waals surface area contributed by atoms with Gasteiger partial charge in [0.15, 0.2) is 0 Å². The Bertz CT molecular complexity index is 183. The van der Waals surface area contributed by atoms with Crippen molar-refractivity contribution in [3.8, 4) is 0 Å². The van der Waals surface area contributed by atoms with E-state index in [1.807, 2.05) is 0 Å². The van der Waals surface area contributed by atoms with Crippen molar-refractivity contribution in [1.29, 1.82) is 0 Å². The van der Waals surface area contributed by atoms with E-state index in [4.69, 9.17) is 0 Å². The third-order valence-electron chi connectivity index (χ3n) is 3.44. The van der Waals surface area contributed by atoms with Crippen LogP contribution in [0.2, 0.25) is 0 Å². The Morgan fingerprint density at radius 2 is 2.09 bits per heavy atom. The summed E-state index contributed by atoms with van der Waals surface area (Å²) < 4.78 is 0. The van der Waals surface area contributed by atoms with Crippen LogP contribution in [0.4, 0.5) is 0 Å². The molecule has 0 aliphatic heterocycles. The summed E-state index contributed by atoms with van der Waals surface area (Å²) in [7, 11) is 0. The summed E-state index contributed by atoms with van der Waals surface area (Å²) in [6.07, 6.45) is 3.80. The van der Waals surface area contributed by atoms with Crippen LogP contribution in [-0.4, -0.2) is 5.78 Å². The van der Waals surface area contributed by atoms with E-state index in [2.05, 4.69) is 13.8 Å². The maximum Gasteiger partial charge on any atom is 0.139 e. The average molecular weight is 152 g/mol. The van der Waals surface area contributed by atoms with Crippen LogP contribution >= 0.6 is 0 Å². The largest absolute Gasteiger partial charge is 0.299 e. The zero-order valence-electron chi connectivity index (χ0n) is 7.34. The molecule has 2 saturated carbocycles. The van der Waals surface area contributed by atoms with E-state index in [1.54, 1.807) is 0 Å². The first-order valence-corrected chi connectivity index (χ1v) is 4.75. The third-order valence-corrected chi connectivity index (χ3v) is 3.44. The number of ketones is 1. The quantitative estimate of drug-likeness (QED) is 0.563. The Hall–Kier alpha value is -0.330. The Labute approximate surface area is 68.2 Å². The van der Waals surface area contributed by atoms with Gasteiger partial charge in [-0.15, -0.1) is 0 Å². The first kappa shape index (κ1) is 7.33. The molecule has 62 valence electrons. The fraction of sp³-hybridized carbons (Fsp3) is 0.900. The molecule has 0 amide bonds. The lowest BCUT2D eigenvalue weighted by Gasteiger charge is -2.41. The third kappa shape index (κ3) is 0.863. The first-order chi connectivity index (χ1) is 5.22. The molecule has 2 rings (SSSR count). The number of hydrogen-bond acceptors (Lipinski definition) is 1. The normalized spacial score (nSPS) is 42.5. The van der Waals surface area contributed by atoms with Crippen molar-refractivity contribution in [1.82, 2.24) is 0 Å². The van der Waals surface area contributed by atoms with Gasteiger partial charge in [-0.1, -0.05) is 20.3 Å². The highest BCUT2D eigenvalue weighted by atomic mass is 16.1. The molecule has 0 N–H and O–H groups in total. The summed E-state index contributed by atoms with van der Waals surface area (Å²) in [5.74, 6) is 2.86. The number of carbonyl (C=O) groups excluding carboxylic acids is 1. The molecule has 3 atom stereocenters. The smallest absolute Gasteiger partial charge is 0.139 e. The van der Waals surface area contributed by atoms with Gasteiger partial charge in [-0.05, 0) is 24.7 Å². The molecule has 0 aromatic heterocycles. The van der Waals surface area contributed by atoms with Crippen LogP contribution < -0.4 is 0 Å². The fourth-order valence-electron chi connectivity index (χ4n) is 2.93. The molecule has 11 heavy (non-hydrogen) atoms. The highest BCUT2D eigenvalue weighted by molar-refractivity contribution is 5.90. The van der Waals surface area contributed by atoms with Crippen molar-refractivity contribution in [3.05, 3.63) is 0 Å². The van der Waals surface area contributed by atoms with E-state index in [0.29, 0.717) is 23.5 Å². The summed E-state index contributed by atoms with van der Waals surface area (Å²) in [5.41, 5.74) is 0. The minimum absolute atomic E-state index is 0.433. The molecule has 0 heterocycles. The monoisotopic (exact) mass is 152 g/mol. The lowest BCUT2D eigenvalue weighted by atomic mass is 9.61. The molecule has 0 spiro atoms. The van der Waals surface area contributed by atoms with Gasteiger partial charge < -0.3 is 0 Å². The minimum Gasteiger partial charge on any atom is -0.299 e. The topological polar surface area (TPSA) is 17.1 Å². The van der Waals surface area contributed by atoms with Crippen LogP contribution in [0.25, 0.3) is 0 Å². The van der Waals surface area contributed by atoms with E-state index >= 15 is 0 Å². The van der Waals surface area contributed by atoms with E-state index < -0.39 is 0 Å². The predicted octanol–water partition coefficient (Wildman–Crippen LogP) is 2.26. The van der Waals surface area contributed by atoms with Crippen LogP contribution in [0, 0.1) is 23.7 Å². The maximum atomic E-state index is 11.5. The van der Waals surface area contributed by atoms with E-state index in [1.165, 1.54) is 19.3 Å². The molecule has 2 aliphatic rings. The molecule has 0 unspecified atom stereocenters. The molecule has 0 aromatic rings. The summed E-state index contributed by atoms with van der Waals surface area (Å²) in [6, 6.07) is 0. The first-order valence-electron chi connectivity index (χ1n) is 4.75. The van der Waals surface area contributed by atoms with Gasteiger partial charge in [-0.2, -0.15) is 0 Å². The Balaban J connectivity index is 2.09. The van der Waals surface area contributed by atoms with Crippen molar-refractivity contribution in [2.24, 2.45) is 23.7 Å². The van der Waals surface area contributed by atoms with E-state index in [-0.39, 0.29) is 0 Å². The molecule has 0 aromatic carbocycles. The number of hydrogen-bond donors (Lipinski definition) is 0. The predicted molar refractivity (Wildman–Crippen MR) is 44.2 cm³/mol. The van der Waals surface area contributed by atoms with Crippen molar-refractivity contribution >= 4 is 5.78 Å². The van der Waals surface area contributed by atoms with Gasteiger partial charge in [0, 0.05) is 11.8 Å². The summed E-state index contributed by atoms with van der Waals surface area (Å²) in [6.45, 7) is 4.36. The lowest BCUT2D eigenvalue weighted by molar-refractivity contribution is -0.143. The number of rotatable bonds is 1. The SMILES string of the molecule is CC(C)[C@@H]1C(=O)[C@@H]2CCC[C@@H]21. The van der Waals surface area contributed by atoms with Crippen molar-refractivity contribution in [2.45, 2.75) is 33.1 Å². The fourth-order valence-corrected chi connectivity index (χ4v) is 2.93. The second-order valence-corrected chi connectivity index (χ2v) is 4.37. The molecule has 0 bridgehead atoms. The summed E-state index contributed by atoms with van der Waals surface area (Å²) in [5, 5.41) is 0. The highest BCUT2D eigenvalue weighted by Gasteiger charge is 2.52. The highest BCUT2D eigenvalue weighted by Crippen LogP contribution is 2.50. The van der Waals surface area contributed by atoms with Gasteiger partial charge >= 0.3 is 0 Å². The minimum atomic E-state index is 0.433. The zero-order chi connectivity index (χ0) is 8.01. The van der Waals surface area contributed by atoms with E-state index in [0.717, 1.165) is 5.92 Å². The van der Waals surface area contributed by atoms with Crippen molar-refractivity contribution in [3.63, 3.8) is 0 Å². The molecular formula is C10H16O. The van der Waals surface area contributed by atoms with Crippen LogP contribution in [0.5, 0.6) is 0 Å². The second kappa shape index (κ2) is 2.33. The summed E-state index contributed by atoms with van der Waals surface area (Å²) in [4.78, 5) is 11.5. The van der Waals surface area contributed by atoms with Gasteiger partial charge in [0.1, 0.15) is 5.78 Å². The maximum absolute atomic E-state index is 11.5. The molecule has 0 radical (unpaired) electrons. The Morgan fingerprint density at radius 3 is 2.73 bits per heavy atom. The Kier molecular flexibility index (Phi) is 1.55. The van der Waals surface area contributed by atoms with Crippen molar-refractivity contribution < 1.29 is 4.79 Å². The van der Waals surface area contributed by atoms with Crippen LogP contribution in [0.1, 0.15) is 33.1 Å².